The molecule has 1 fully saturated rings. The number of hydrogen-bond donors (Lipinski definition) is 0. The van der Waals surface area contributed by atoms with Crippen LogP contribution in [0, 0.1) is 11.3 Å². The van der Waals surface area contributed by atoms with Crippen LogP contribution in [0.25, 0.3) is 10.9 Å². The molecule has 1 aliphatic rings. The van der Waals surface area contributed by atoms with Crippen molar-refractivity contribution in [3.63, 3.8) is 0 Å². The monoisotopic (exact) mass is 443 g/mol. The number of ether oxygens (including phenoxy) is 1. The van der Waals surface area contributed by atoms with Crippen molar-refractivity contribution < 1.29 is 22.7 Å². The predicted molar refractivity (Wildman–Crippen MR) is 109 cm³/mol. The van der Waals surface area contributed by atoms with E-state index in [4.69, 9.17) is 10.00 Å². The lowest BCUT2D eigenvalue weighted by Crippen LogP contribution is -2.33. The predicted octanol–water partition coefficient (Wildman–Crippen LogP) is 3.32. The Morgan fingerprint density at radius 2 is 1.97 bits per heavy atom. The fraction of sp³-hybridized carbons (Fsp3) is 0.364. The molecule has 3 aromatic rings. The Balaban J connectivity index is 1.70. The van der Waals surface area contributed by atoms with E-state index in [1.807, 2.05) is 6.07 Å². The number of pyridine rings is 1. The molecule has 32 heavy (non-hydrogen) atoms. The normalized spacial score (nSPS) is 14.9. The molecule has 0 spiro atoms. The molecule has 1 amide bonds. The molecule has 1 saturated heterocycles. The number of hydrogen-bond acceptors (Lipinski definition) is 5. The van der Waals surface area contributed by atoms with Crippen LogP contribution in [0.3, 0.4) is 0 Å². The zero-order valence-electron chi connectivity index (χ0n) is 17.1. The van der Waals surface area contributed by atoms with Crippen molar-refractivity contribution in [2.24, 2.45) is 0 Å². The molecule has 3 heterocycles. The van der Waals surface area contributed by atoms with Crippen molar-refractivity contribution in [1.82, 2.24) is 19.7 Å². The van der Waals surface area contributed by atoms with E-state index in [1.54, 1.807) is 29.2 Å². The average Bonchev–Trinajstić information content (AvgIpc) is 2.94. The standard InChI is InChI=1S/C22H20F3N5O2/c23-22(24,25)14-30-20-11-19(21(31)29-6-1-8-32-9-7-29)27-13-17(20)18(28-30)10-15-2-4-16(12-26)5-3-15/h2-5,11,13H,1,6-10,14H2. The summed E-state index contributed by atoms with van der Waals surface area (Å²) in [5.41, 5.74) is 1.99. The fourth-order valence-corrected chi connectivity index (χ4v) is 3.67. The van der Waals surface area contributed by atoms with Gasteiger partial charge in [0.15, 0.2) is 0 Å². The van der Waals surface area contributed by atoms with E-state index in [0.29, 0.717) is 49.4 Å². The lowest BCUT2D eigenvalue weighted by atomic mass is 10.1. The molecule has 7 nitrogen and oxygen atoms in total. The highest BCUT2D eigenvalue weighted by Crippen LogP contribution is 2.26. The van der Waals surface area contributed by atoms with Crippen LogP contribution in [0.4, 0.5) is 13.2 Å². The van der Waals surface area contributed by atoms with Crippen molar-refractivity contribution in [2.75, 3.05) is 26.3 Å². The number of amides is 1. The molecule has 0 bridgehead atoms. The molecule has 0 N–H and O–H groups in total. The third-order valence-electron chi connectivity index (χ3n) is 5.22. The summed E-state index contributed by atoms with van der Waals surface area (Å²) in [6, 6.07) is 10.2. The Labute approximate surface area is 182 Å². The molecule has 1 aliphatic heterocycles. The van der Waals surface area contributed by atoms with Gasteiger partial charge in [0, 0.05) is 37.7 Å². The van der Waals surface area contributed by atoms with E-state index in [9.17, 15) is 18.0 Å². The summed E-state index contributed by atoms with van der Waals surface area (Å²) in [5.74, 6) is -0.342. The summed E-state index contributed by atoms with van der Waals surface area (Å²) in [6.07, 6.45) is -2.10. The van der Waals surface area contributed by atoms with Gasteiger partial charge in [-0.15, -0.1) is 0 Å². The number of carbonyl (C=O) groups is 1. The molecule has 0 aliphatic carbocycles. The second-order valence-electron chi connectivity index (χ2n) is 7.55. The Morgan fingerprint density at radius 1 is 1.19 bits per heavy atom. The summed E-state index contributed by atoms with van der Waals surface area (Å²) in [4.78, 5) is 18.7. The Hall–Kier alpha value is -3.45. The second-order valence-corrected chi connectivity index (χ2v) is 7.55. The van der Waals surface area contributed by atoms with Gasteiger partial charge in [-0.3, -0.25) is 14.5 Å². The molecule has 0 saturated carbocycles. The van der Waals surface area contributed by atoms with E-state index in [0.717, 1.165) is 10.2 Å². The molecular formula is C22H20F3N5O2. The summed E-state index contributed by atoms with van der Waals surface area (Å²) in [6.45, 7) is 0.614. The maximum Gasteiger partial charge on any atom is 0.408 e. The van der Waals surface area contributed by atoms with Gasteiger partial charge in [-0.25, -0.2) is 0 Å². The number of fused-ring (bicyclic) bond motifs is 1. The topological polar surface area (TPSA) is 84.0 Å². The van der Waals surface area contributed by atoms with E-state index in [-0.39, 0.29) is 23.5 Å². The van der Waals surface area contributed by atoms with Gasteiger partial charge in [0.25, 0.3) is 5.91 Å². The van der Waals surface area contributed by atoms with Crippen molar-refractivity contribution in [3.8, 4) is 6.07 Å². The minimum absolute atomic E-state index is 0.0765. The van der Waals surface area contributed by atoms with Crippen LogP contribution in [0.2, 0.25) is 0 Å². The first-order valence-corrected chi connectivity index (χ1v) is 10.1. The van der Waals surface area contributed by atoms with Crippen LogP contribution in [-0.2, 0) is 17.7 Å². The van der Waals surface area contributed by atoms with E-state index >= 15 is 0 Å². The van der Waals surface area contributed by atoms with Crippen LogP contribution in [0.15, 0.2) is 36.5 Å². The van der Waals surface area contributed by atoms with Gasteiger partial charge in [-0.2, -0.15) is 23.5 Å². The van der Waals surface area contributed by atoms with Gasteiger partial charge in [0.1, 0.15) is 12.2 Å². The van der Waals surface area contributed by atoms with E-state index < -0.39 is 12.7 Å². The zero-order chi connectivity index (χ0) is 22.7. The quantitative estimate of drug-likeness (QED) is 0.618. The largest absolute Gasteiger partial charge is 0.408 e. The molecule has 10 heteroatoms. The molecule has 1 aromatic carbocycles. The van der Waals surface area contributed by atoms with E-state index in [1.165, 1.54) is 12.3 Å². The van der Waals surface area contributed by atoms with Gasteiger partial charge >= 0.3 is 6.18 Å². The van der Waals surface area contributed by atoms with Crippen molar-refractivity contribution in [3.05, 3.63) is 59.0 Å². The molecule has 0 atom stereocenters. The number of benzene rings is 1. The van der Waals surface area contributed by atoms with E-state index in [2.05, 4.69) is 10.1 Å². The second kappa shape index (κ2) is 8.96. The number of aromatic nitrogens is 3. The third-order valence-corrected chi connectivity index (χ3v) is 5.22. The number of carbonyl (C=O) groups excluding carboxylic acids is 1. The summed E-state index contributed by atoms with van der Waals surface area (Å²) < 4.78 is 45.8. The number of nitrogens with zero attached hydrogens (tertiary/aromatic N) is 5. The highest BCUT2D eigenvalue weighted by Gasteiger charge is 2.30. The van der Waals surface area contributed by atoms with Crippen LogP contribution in [0.1, 0.15) is 33.7 Å². The summed E-state index contributed by atoms with van der Waals surface area (Å²) >= 11 is 0. The lowest BCUT2D eigenvalue weighted by Gasteiger charge is -2.19. The SMILES string of the molecule is N#Cc1ccc(Cc2nn(CC(F)(F)F)c3cc(C(=O)N4CCCOCC4)ncc23)cc1. The summed E-state index contributed by atoms with van der Waals surface area (Å²) in [5, 5.41) is 13.6. The van der Waals surface area contributed by atoms with Gasteiger partial charge in [0.2, 0.25) is 0 Å². The van der Waals surface area contributed by atoms with Crippen LogP contribution < -0.4 is 0 Å². The highest BCUT2D eigenvalue weighted by molar-refractivity contribution is 5.96. The highest BCUT2D eigenvalue weighted by atomic mass is 19.4. The minimum Gasteiger partial charge on any atom is -0.380 e. The molecule has 4 rings (SSSR count). The number of nitriles is 1. The molecule has 2 aromatic heterocycles. The molecule has 0 unspecified atom stereocenters. The number of rotatable bonds is 4. The first-order valence-electron chi connectivity index (χ1n) is 10.1. The van der Waals surface area contributed by atoms with Gasteiger partial charge in [0.05, 0.1) is 29.5 Å². The molecule has 0 radical (unpaired) electrons. The Kier molecular flexibility index (Phi) is 6.10. The maximum absolute atomic E-state index is 13.2. The van der Waals surface area contributed by atoms with Gasteiger partial charge in [-0.05, 0) is 30.2 Å². The number of alkyl halides is 3. The van der Waals surface area contributed by atoms with Gasteiger partial charge < -0.3 is 9.64 Å². The fourth-order valence-electron chi connectivity index (χ4n) is 3.67. The minimum atomic E-state index is -4.47. The first kappa shape index (κ1) is 21.8. The average molecular weight is 443 g/mol. The smallest absolute Gasteiger partial charge is 0.380 e. The molecule has 166 valence electrons. The first-order chi connectivity index (χ1) is 15.3. The van der Waals surface area contributed by atoms with Crippen molar-refractivity contribution in [2.45, 2.75) is 25.6 Å². The number of halogens is 3. The van der Waals surface area contributed by atoms with Gasteiger partial charge in [-0.1, -0.05) is 12.1 Å². The Bertz CT molecular complexity index is 1160. The van der Waals surface area contributed by atoms with Crippen LogP contribution in [0.5, 0.6) is 0 Å². The van der Waals surface area contributed by atoms with Crippen LogP contribution >= 0.6 is 0 Å². The van der Waals surface area contributed by atoms with Crippen LogP contribution in [-0.4, -0.2) is 58.1 Å². The lowest BCUT2D eigenvalue weighted by molar-refractivity contribution is -0.141. The summed E-state index contributed by atoms with van der Waals surface area (Å²) in [7, 11) is 0. The maximum atomic E-state index is 13.2. The third kappa shape index (κ3) is 4.89. The zero-order valence-corrected chi connectivity index (χ0v) is 17.1. The van der Waals surface area contributed by atoms with Crippen molar-refractivity contribution in [1.29, 1.82) is 5.26 Å². The van der Waals surface area contributed by atoms with Crippen molar-refractivity contribution >= 4 is 16.8 Å². The Morgan fingerprint density at radius 3 is 2.69 bits per heavy atom. The molecular weight excluding hydrogens is 423 g/mol.